The van der Waals surface area contributed by atoms with E-state index in [2.05, 4.69) is 30.3 Å². The van der Waals surface area contributed by atoms with E-state index in [0.717, 1.165) is 28.7 Å². The number of anilines is 1. The molecule has 1 aromatic rings. The number of hydrogen-bond acceptors (Lipinski definition) is 2. The Balaban J connectivity index is 2.48. The molecule has 14 heavy (non-hydrogen) atoms. The molecule has 2 heterocycles. The number of fused-ring (bicyclic) bond motifs is 1. The minimum Gasteiger partial charge on any atom is -0.281 e. The molecule has 0 fully saturated rings. The van der Waals surface area contributed by atoms with Crippen LogP contribution in [0, 0.1) is 0 Å². The molecule has 0 spiro atoms. The van der Waals surface area contributed by atoms with Crippen LogP contribution in [0.15, 0.2) is 16.7 Å². The molecular weight excluding hydrogens is 263 g/mol. The molecule has 0 N–H and O–H groups in total. The summed E-state index contributed by atoms with van der Waals surface area (Å²) in [5, 5.41) is 0. The largest absolute Gasteiger partial charge is 0.281 e. The summed E-state index contributed by atoms with van der Waals surface area (Å²) in [6, 6.07) is 2.03. The summed E-state index contributed by atoms with van der Waals surface area (Å²) in [5.41, 5.74) is 1.13. The number of carbonyl (C=O) groups is 1. The first-order valence-electron chi connectivity index (χ1n) is 4.40. The fourth-order valence-electron chi connectivity index (χ4n) is 1.54. The highest BCUT2D eigenvalue weighted by Crippen LogP contribution is 2.29. The van der Waals surface area contributed by atoms with Crippen molar-refractivity contribution in [2.75, 3.05) is 4.67 Å². The van der Waals surface area contributed by atoms with Crippen molar-refractivity contribution in [1.82, 2.24) is 4.98 Å². The molecule has 1 amide bonds. The van der Waals surface area contributed by atoms with E-state index < -0.39 is 0 Å². The molecule has 1 atom stereocenters. The highest BCUT2D eigenvalue weighted by atomic mass is 79.9. The summed E-state index contributed by atoms with van der Waals surface area (Å²) in [7, 11) is 2.43. The zero-order chi connectivity index (χ0) is 10.1. The third kappa shape index (κ3) is 1.82. The van der Waals surface area contributed by atoms with E-state index >= 15 is 0 Å². The zero-order valence-corrected chi connectivity index (χ0v) is 10.3. The van der Waals surface area contributed by atoms with E-state index in [0.29, 0.717) is 6.42 Å². The van der Waals surface area contributed by atoms with E-state index in [1.807, 2.05) is 6.07 Å². The van der Waals surface area contributed by atoms with Gasteiger partial charge in [0.2, 0.25) is 5.91 Å². The number of hydrogen-bond donors (Lipinski definition) is 0. The van der Waals surface area contributed by atoms with Gasteiger partial charge < -0.3 is 0 Å². The second kappa shape index (κ2) is 3.95. The van der Waals surface area contributed by atoms with E-state index in [4.69, 9.17) is 0 Å². The van der Waals surface area contributed by atoms with E-state index in [9.17, 15) is 4.79 Å². The average molecular weight is 273 g/mol. The van der Waals surface area contributed by atoms with Gasteiger partial charge in [-0.05, 0) is 49.8 Å². The molecule has 0 saturated heterocycles. The van der Waals surface area contributed by atoms with Gasteiger partial charge in [-0.1, -0.05) is 0 Å². The first kappa shape index (κ1) is 10.1. The quantitative estimate of drug-likeness (QED) is 0.679. The Hall–Kier alpha value is -0.470. The predicted molar refractivity (Wildman–Crippen MR) is 62.1 cm³/mol. The van der Waals surface area contributed by atoms with Gasteiger partial charge in [0.1, 0.15) is 5.82 Å². The maximum Gasteiger partial charge on any atom is 0.231 e. The van der Waals surface area contributed by atoms with E-state index in [1.54, 1.807) is 10.9 Å². The maximum absolute atomic E-state index is 11.5. The van der Waals surface area contributed by atoms with Crippen molar-refractivity contribution in [2.24, 2.45) is 0 Å². The first-order valence-corrected chi connectivity index (χ1v) is 5.71. The Kier molecular flexibility index (Phi) is 2.84. The lowest BCUT2D eigenvalue weighted by molar-refractivity contribution is -0.117. The number of carbonyl (C=O) groups excluding carboxylic acids is 1. The normalized spacial score (nSPS) is 16.4. The second-order valence-corrected chi connectivity index (χ2v) is 4.69. The summed E-state index contributed by atoms with van der Waals surface area (Å²) in [4.78, 5) is 15.8. The summed E-state index contributed by atoms with van der Waals surface area (Å²) in [6.45, 7) is 0. The Morgan fingerprint density at radius 3 is 3.07 bits per heavy atom. The number of halogens is 1. The van der Waals surface area contributed by atoms with Crippen LogP contribution in [-0.4, -0.2) is 10.9 Å². The Labute approximate surface area is 93.3 Å². The lowest BCUT2D eigenvalue weighted by atomic mass is 10.1. The molecule has 0 aromatic carbocycles. The molecular formula is C9H10BrN2OP. The number of pyridine rings is 1. The van der Waals surface area contributed by atoms with Gasteiger partial charge in [-0.25, -0.2) is 4.98 Å². The van der Waals surface area contributed by atoms with Crippen molar-refractivity contribution in [3.8, 4) is 0 Å². The van der Waals surface area contributed by atoms with Crippen molar-refractivity contribution < 1.29 is 4.79 Å². The standard InChI is InChI=1S/C9H10BrN2OP/c10-7-4-6-2-1-3-8(13)12(14)9(6)11-5-7/h4-5H,1-3,14H2. The van der Waals surface area contributed by atoms with Gasteiger partial charge in [-0.3, -0.25) is 9.46 Å². The Morgan fingerprint density at radius 1 is 1.50 bits per heavy atom. The number of aromatic nitrogens is 1. The molecule has 0 aliphatic carbocycles. The summed E-state index contributed by atoms with van der Waals surface area (Å²) in [6.07, 6.45) is 4.12. The van der Waals surface area contributed by atoms with E-state index in [1.165, 1.54) is 0 Å². The first-order chi connectivity index (χ1) is 6.68. The molecule has 1 aromatic heterocycles. The summed E-state index contributed by atoms with van der Waals surface area (Å²) >= 11 is 3.38. The van der Waals surface area contributed by atoms with Crippen molar-refractivity contribution in [3.63, 3.8) is 0 Å². The molecule has 1 unspecified atom stereocenters. The van der Waals surface area contributed by atoms with Crippen LogP contribution < -0.4 is 4.67 Å². The minimum absolute atomic E-state index is 0.114. The number of amides is 1. The molecule has 3 nitrogen and oxygen atoms in total. The molecule has 1 aliphatic rings. The maximum atomic E-state index is 11.5. The third-order valence-electron chi connectivity index (χ3n) is 2.24. The van der Waals surface area contributed by atoms with Crippen LogP contribution in [0.25, 0.3) is 0 Å². The fourth-order valence-corrected chi connectivity index (χ4v) is 2.28. The zero-order valence-electron chi connectivity index (χ0n) is 7.53. The average Bonchev–Trinajstić information content (AvgIpc) is 2.28. The van der Waals surface area contributed by atoms with Crippen LogP contribution in [0.1, 0.15) is 18.4 Å². The van der Waals surface area contributed by atoms with Crippen molar-refractivity contribution in [3.05, 3.63) is 22.3 Å². The molecule has 0 radical (unpaired) electrons. The van der Waals surface area contributed by atoms with Gasteiger partial charge in [-0.2, -0.15) is 0 Å². The molecule has 1 aliphatic heterocycles. The van der Waals surface area contributed by atoms with Crippen LogP contribution in [0.3, 0.4) is 0 Å². The van der Waals surface area contributed by atoms with E-state index in [-0.39, 0.29) is 5.91 Å². The molecule has 5 heteroatoms. The number of rotatable bonds is 0. The number of aryl methyl sites for hydroxylation is 1. The Morgan fingerprint density at radius 2 is 2.29 bits per heavy atom. The van der Waals surface area contributed by atoms with Gasteiger partial charge in [0.15, 0.2) is 0 Å². The second-order valence-electron chi connectivity index (χ2n) is 3.25. The van der Waals surface area contributed by atoms with Crippen LogP contribution >= 0.6 is 25.3 Å². The number of nitrogens with zero attached hydrogens (tertiary/aromatic N) is 2. The summed E-state index contributed by atoms with van der Waals surface area (Å²) in [5.74, 6) is 0.879. The predicted octanol–water partition coefficient (Wildman–Crippen LogP) is 2.30. The van der Waals surface area contributed by atoms with Crippen LogP contribution in [0.5, 0.6) is 0 Å². The monoisotopic (exact) mass is 272 g/mol. The summed E-state index contributed by atoms with van der Waals surface area (Å²) < 4.78 is 2.53. The highest BCUT2D eigenvalue weighted by molar-refractivity contribution is 9.10. The van der Waals surface area contributed by atoms with Crippen LogP contribution in [0.2, 0.25) is 0 Å². The van der Waals surface area contributed by atoms with Crippen molar-refractivity contribution >= 4 is 37.0 Å². The smallest absolute Gasteiger partial charge is 0.231 e. The topological polar surface area (TPSA) is 33.2 Å². The fraction of sp³-hybridized carbons (Fsp3) is 0.333. The SMILES string of the molecule is O=C1CCCc2cc(Br)cnc2N1P. The van der Waals surface area contributed by atoms with Gasteiger partial charge in [-0.15, -0.1) is 0 Å². The highest BCUT2D eigenvalue weighted by Gasteiger charge is 2.19. The van der Waals surface area contributed by atoms with Gasteiger partial charge >= 0.3 is 0 Å². The van der Waals surface area contributed by atoms with Gasteiger partial charge in [0, 0.05) is 17.1 Å². The van der Waals surface area contributed by atoms with Crippen LogP contribution in [0.4, 0.5) is 5.82 Å². The van der Waals surface area contributed by atoms with Gasteiger partial charge in [0.25, 0.3) is 0 Å². The van der Waals surface area contributed by atoms with Crippen molar-refractivity contribution in [1.29, 1.82) is 0 Å². The van der Waals surface area contributed by atoms with Gasteiger partial charge in [0.05, 0.1) is 0 Å². The molecule has 0 bridgehead atoms. The third-order valence-corrected chi connectivity index (χ3v) is 3.21. The lowest BCUT2D eigenvalue weighted by Crippen LogP contribution is -2.19. The lowest BCUT2D eigenvalue weighted by Gasteiger charge is -2.15. The molecule has 0 saturated carbocycles. The molecule has 2 rings (SSSR count). The Bertz CT molecular complexity index is 383. The van der Waals surface area contributed by atoms with Crippen molar-refractivity contribution in [2.45, 2.75) is 19.3 Å². The minimum atomic E-state index is 0.114. The van der Waals surface area contributed by atoms with Crippen LogP contribution in [-0.2, 0) is 11.2 Å². The molecule has 74 valence electrons.